The van der Waals surface area contributed by atoms with Gasteiger partial charge in [-0.05, 0) is 96.6 Å². The minimum absolute atomic E-state index is 0.503. The Morgan fingerprint density at radius 2 is 0.420 bits per heavy atom. The van der Waals surface area contributed by atoms with Gasteiger partial charge in [-0.25, -0.2) is 64.8 Å². The molecule has 0 aliphatic rings. The molecule has 0 spiro atoms. The lowest BCUT2D eigenvalue weighted by Crippen LogP contribution is -2.04. The molecule has 0 bridgehead atoms. The molecule has 0 saturated heterocycles. The number of hydrogen-bond acceptors (Lipinski definition) is 14. The summed E-state index contributed by atoms with van der Waals surface area (Å²) in [6.45, 7) is 0. The molecule has 0 saturated carbocycles. The molecule has 0 aliphatic carbocycles. The minimum atomic E-state index is 0.503. The molecule has 0 aliphatic heterocycles. The van der Waals surface area contributed by atoms with Gasteiger partial charge >= 0.3 is 0 Å². The SMILES string of the molecule is N#Cc1ccc(-c2cc(-n3c4ccc(-c5nc(-c6ccccc6)nc(-c6ccccc6)n5)cc4c4cc(-c5nc(-c6ccccc6)nc(-c6ccccc6)n5)ccc43)ncc2-n2c3ccc(-c4nc(-c5ccccc5)nc(-c5ccccc5)n4)cc3c3cc(-c4nc(-c5ccccc5)nc(-c5ccccc5)n4)ccc32)cc1. The summed E-state index contributed by atoms with van der Waals surface area (Å²) in [7, 11) is 0. The van der Waals surface area contributed by atoms with Crippen molar-refractivity contribution in [3.8, 4) is 165 Å². The molecule has 112 heavy (non-hydrogen) atoms. The Morgan fingerprint density at radius 1 is 0.205 bits per heavy atom. The summed E-state index contributed by atoms with van der Waals surface area (Å²) in [6.07, 6.45) is 1.96. The molecule has 0 unspecified atom stereocenters. The zero-order chi connectivity index (χ0) is 74.4. The molecule has 0 fully saturated rings. The predicted octanol–water partition coefficient (Wildman–Crippen LogP) is 21.6. The van der Waals surface area contributed by atoms with Crippen LogP contribution in [0, 0.1) is 11.3 Å². The van der Waals surface area contributed by atoms with Crippen molar-refractivity contribution in [2.45, 2.75) is 0 Å². The zero-order valence-electron chi connectivity index (χ0n) is 59.6. The van der Waals surface area contributed by atoms with E-state index in [9.17, 15) is 5.26 Å². The van der Waals surface area contributed by atoms with Crippen LogP contribution in [0.1, 0.15) is 5.56 Å². The fourth-order valence-corrected chi connectivity index (χ4v) is 14.6. The van der Waals surface area contributed by atoms with E-state index >= 15 is 0 Å². The molecule has 16 nitrogen and oxygen atoms in total. The van der Waals surface area contributed by atoms with Crippen LogP contribution in [0.2, 0.25) is 0 Å². The van der Waals surface area contributed by atoms with Crippen LogP contribution < -0.4 is 0 Å². The average Bonchev–Trinajstić information content (AvgIpc) is 1.57. The molecular formula is C96H58N16. The van der Waals surface area contributed by atoms with Crippen LogP contribution in [0.25, 0.3) is 203 Å². The van der Waals surface area contributed by atoms with Gasteiger partial charge in [0.15, 0.2) is 69.9 Å². The third kappa shape index (κ3) is 12.4. The lowest BCUT2D eigenvalue weighted by Gasteiger charge is -2.17. The van der Waals surface area contributed by atoms with Crippen molar-refractivity contribution in [3.63, 3.8) is 0 Å². The number of nitrogens with zero attached hydrogens (tertiary/aromatic N) is 16. The Kier molecular flexibility index (Phi) is 16.5. The van der Waals surface area contributed by atoms with Crippen molar-refractivity contribution >= 4 is 43.6 Å². The van der Waals surface area contributed by atoms with Gasteiger partial charge in [-0.3, -0.25) is 4.57 Å². The highest BCUT2D eigenvalue weighted by Crippen LogP contribution is 2.43. The molecule has 0 N–H and O–H groups in total. The van der Waals surface area contributed by atoms with E-state index in [1.54, 1.807) is 0 Å². The number of fused-ring (bicyclic) bond motifs is 6. The molecule has 13 aromatic carbocycles. The van der Waals surface area contributed by atoms with Gasteiger partial charge in [0.1, 0.15) is 5.82 Å². The Bertz CT molecular complexity index is 6430. The van der Waals surface area contributed by atoms with E-state index in [0.29, 0.717) is 81.3 Å². The number of pyridine rings is 1. The van der Waals surface area contributed by atoms with Gasteiger partial charge in [-0.15, -0.1) is 0 Å². The summed E-state index contributed by atoms with van der Waals surface area (Å²) in [6, 6.07) is 118. The molecule has 16 heteroatoms. The normalized spacial score (nSPS) is 11.4. The van der Waals surface area contributed by atoms with E-state index in [-0.39, 0.29) is 0 Å². The maximum Gasteiger partial charge on any atom is 0.164 e. The minimum Gasteiger partial charge on any atom is -0.307 e. The van der Waals surface area contributed by atoms with Gasteiger partial charge in [0, 0.05) is 93.9 Å². The fourth-order valence-electron chi connectivity index (χ4n) is 14.6. The van der Waals surface area contributed by atoms with Gasteiger partial charge in [0.2, 0.25) is 0 Å². The Morgan fingerprint density at radius 3 is 0.652 bits per heavy atom. The van der Waals surface area contributed by atoms with Crippen LogP contribution in [0.15, 0.2) is 352 Å². The van der Waals surface area contributed by atoms with Gasteiger partial charge in [0.05, 0.1) is 45.6 Å². The average molecular weight is 1440 g/mol. The van der Waals surface area contributed by atoms with E-state index in [1.807, 2.05) is 273 Å². The fraction of sp³-hybridized carbons (Fsp3) is 0. The third-order valence-corrected chi connectivity index (χ3v) is 20.0. The van der Waals surface area contributed by atoms with E-state index in [1.165, 1.54) is 0 Å². The summed E-state index contributed by atoms with van der Waals surface area (Å²) in [4.78, 5) is 67.6. The topological polar surface area (TPSA) is 201 Å². The van der Waals surface area contributed by atoms with Crippen molar-refractivity contribution < 1.29 is 0 Å². The third-order valence-electron chi connectivity index (χ3n) is 20.0. The summed E-state index contributed by atoms with van der Waals surface area (Å²) in [5.74, 6) is 7.02. The molecule has 20 rings (SSSR count). The van der Waals surface area contributed by atoms with Crippen molar-refractivity contribution in [3.05, 3.63) is 358 Å². The molecule has 0 atom stereocenters. The first-order valence-electron chi connectivity index (χ1n) is 36.6. The van der Waals surface area contributed by atoms with Gasteiger partial charge in [-0.1, -0.05) is 255 Å². The van der Waals surface area contributed by atoms with Crippen molar-refractivity contribution in [1.82, 2.24) is 73.9 Å². The molecule has 522 valence electrons. The standard InChI is InChI=1S/C96H58N16/c97-58-60-41-43-61(44-42-60)74-57-84(112-81-51-47-72(95-107-89(66-33-17-5-18-34-66)101-90(108-95)67-35-19-6-20-36-67)55-77(81)78-56-73(48-52-82(78)112)96-109-91(68-37-21-7-22-38-68)102-92(110-96)69-39-23-8-24-40-69)98-59-83(74)111-79-49-45-70(93-103-85(62-25-9-1-10-26-62)99-86(104-93)63-27-11-2-12-28-63)53-75(79)76-54-71(46-50-80(76)111)94-105-87(64-29-13-3-14-30-64)100-88(106-94)65-31-15-4-16-32-65/h1-57,59H. The highest BCUT2D eigenvalue weighted by molar-refractivity contribution is 6.13. The van der Waals surface area contributed by atoms with E-state index in [0.717, 1.165) is 127 Å². The lowest BCUT2D eigenvalue weighted by molar-refractivity contribution is 1.05. The second-order valence-corrected chi connectivity index (χ2v) is 27.0. The quantitative estimate of drug-likeness (QED) is 0.0938. The van der Waals surface area contributed by atoms with E-state index < -0.39 is 0 Å². The van der Waals surface area contributed by atoms with Crippen LogP contribution in [-0.4, -0.2) is 73.9 Å². The highest BCUT2D eigenvalue weighted by atomic mass is 15.1. The molecule has 0 radical (unpaired) electrons. The number of rotatable bonds is 15. The van der Waals surface area contributed by atoms with Crippen LogP contribution >= 0.6 is 0 Å². The highest BCUT2D eigenvalue weighted by Gasteiger charge is 2.26. The van der Waals surface area contributed by atoms with Crippen molar-refractivity contribution in [2.24, 2.45) is 0 Å². The van der Waals surface area contributed by atoms with Gasteiger partial charge in [-0.2, -0.15) is 5.26 Å². The Labute approximate surface area is 641 Å². The van der Waals surface area contributed by atoms with Gasteiger partial charge in [0.25, 0.3) is 0 Å². The summed E-state index contributed by atoms with van der Waals surface area (Å²) >= 11 is 0. The molecule has 7 aromatic heterocycles. The summed E-state index contributed by atoms with van der Waals surface area (Å²) in [5.41, 5.74) is 16.4. The number of benzene rings is 13. The van der Waals surface area contributed by atoms with E-state index in [2.05, 4.69) is 94.1 Å². The Balaban J connectivity index is 0.817. The number of hydrogen-bond donors (Lipinski definition) is 0. The first kappa shape index (κ1) is 65.6. The second-order valence-electron chi connectivity index (χ2n) is 27.0. The van der Waals surface area contributed by atoms with Crippen LogP contribution in [0.5, 0.6) is 0 Å². The van der Waals surface area contributed by atoms with Crippen LogP contribution in [0.3, 0.4) is 0 Å². The second kappa shape index (κ2) is 28.1. The smallest absolute Gasteiger partial charge is 0.164 e. The zero-order valence-corrected chi connectivity index (χ0v) is 59.6. The molecule has 7 heterocycles. The molecule has 20 aromatic rings. The summed E-state index contributed by atoms with van der Waals surface area (Å²) in [5, 5.41) is 13.9. The predicted molar refractivity (Wildman–Crippen MR) is 442 cm³/mol. The van der Waals surface area contributed by atoms with Crippen LogP contribution in [0.4, 0.5) is 0 Å². The first-order valence-corrected chi connectivity index (χ1v) is 36.6. The van der Waals surface area contributed by atoms with E-state index in [4.69, 9.17) is 64.8 Å². The molecule has 0 amide bonds. The maximum absolute atomic E-state index is 10.3. The monoisotopic (exact) mass is 1430 g/mol. The van der Waals surface area contributed by atoms with Gasteiger partial charge < -0.3 is 4.57 Å². The lowest BCUT2D eigenvalue weighted by atomic mass is 10.0. The largest absolute Gasteiger partial charge is 0.307 e. The van der Waals surface area contributed by atoms with Crippen molar-refractivity contribution in [1.29, 1.82) is 5.26 Å². The number of aromatic nitrogens is 15. The Hall–Kier alpha value is -15.9. The molecular weight excluding hydrogens is 1380 g/mol. The van der Waals surface area contributed by atoms with Crippen LogP contribution in [-0.2, 0) is 0 Å². The van der Waals surface area contributed by atoms with Crippen molar-refractivity contribution in [2.75, 3.05) is 0 Å². The number of nitriles is 1. The first-order chi connectivity index (χ1) is 55.4. The maximum atomic E-state index is 10.3. The summed E-state index contributed by atoms with van der Waals surface area (Å²) < 4.78 is 4.48.